The van der Waals surface area contributed by atoms with Crippen LogP contribution in [0.5, 0.6) is 0 Å². The molecule has 1 aliphatic rings. The van der Waals surface area contributed by atoms with Crippen LogP contribution in [-0.2, 0) is 15.5 Å². The van der Waals surface area contributed by atoms with Gasteiger partial charge in [0.15, 0.2) is 0 Å². The molecule has 1 fully saturated rings. The van der Waals surface area contributed by atoms with Crippen molar-refractivity contribution in [2.24, 2.45) is 0 Å². The Morgan fingerprint density at radius 1 is 1.10 bits per heavy atom. The minimum atomic E-state index is -4.65. The van der Waals surface area contributed by atoms with Crippen molar-refractivity contribution in [3.05, 3.63) is 23.8 Å². The summed E-state index contributed by atoms with van der Waals surface area (Å²) in [5, 5.41) is 0. The van der Waals surface area contributed by atoms with Crippen molar-refractivity contribution in [1.82, 2.24) is 4.98 Å². The van der Waals surface area contributed by atoms with Gasteiger partial charge < -0.3 is 9.31 Å². The van der Waals surface area contributed by atoms with Gasteiger partial charge in [0, 0.05) is 5.46 Å². The van der Waals surface area contributed by atoms with E-state index in [2.05, 4.69) is 4.98 Å². The number of aromatic nitrogens is 1. The first-order valence-corrected chi connectivity index (χ1v) is 6.02. The maximum atomic E-state index is 13.7. The van der Waals surface area contributed by atoms with Gasteiger partial charge in [-0.25, -0.2) is 9.37 Å². The van der Waals surface area contributed by atoms with Gasteiger partial charge in [-0.05, 0) is 33.8 Å². The summed E-state index contributed by atoms with van der Waals surface area (Å²) in [5.41, 5.74) is -2.99. The number of nitrogens with zero attached hydrogens (tertiary/aromatic N) is 1. The van der Waals surface area contributed by atoms with Gasteiger partial charge in [-0.3, -0.25) is 0 Å². The second kappa shape index (κ2) is 4.43. The van der Waals surface area contributed by atoms with Gasteiger partial charge in [0.1, 0.15) is 11.5 Å². The Morgan fingerprint density at radius 3 is 2.05 bits per heavy atom. The van der Waals surface area contributed by atoms with E-state index < -0.39 is 36.0 Å². The molecular weight excluding hydrogens is 277 g/mol. The van der Waals surface area contributed by atoms with E-state index in [0.717, 1.165) is 0 Å². The summed E-state index contributed by atoms with van der Waals surface area (Å²) in [6, 6.07) is 0.622. The predicted octanol–water partition coefficient (Wildman–Crippen LogP) is 2.54. The zero-order chi connectivity index (χ0) is 15.3. The first-order valence-electron chi connectivity index (χ1n) is 6.02. The average Bonchev–Trinajstić information content (AvgIpc) is 2.46. The summed E-state index contributed by atoms with van der Waals surface area (Å²) >= 11 is 0. The monoisotopic (exact) mass is 291 g/mol. The van der Waals surface area contributed by atoms with Crippen LogP contribution in [0.25, 0.3) is 0 Å². The molecule has 0 unspecified atom stereocenters. The van der Waals surface area contributed by atoms with Crippen LogP contribution in [-0.4, -0.2) is 23.3 Å². The maximum absolute atomic E-state index is 13.7. The molecule has 0 aromatic carbocycles. The third kappa shape index (κ3) is 2.54. The predicted molar refractivity (Wildman–Crippen MR) is 64.9 cm³/mol. The summed E-state index contributed by atoms with van der Waals surface area (Å²) in [6.07, 6.45) is -4.12. The minimum Gasteiger partial charge on any atom is -0.399 e. The van der Waals surface area contributed by atoms with Crippen molar-refractivity contribution in [3.8, 4) is 0 Å². The van der Waals surface area contributed by atoms with E-state index >= 15 is 0 Å². The quantitative estimate of drug-likeness (QED) is 0.588. The Hall–Kier alpha value is -1.15. The van der Waals surface area contributed by atoms with Crippen LogP contribution in [0, 0.1) is 5.82 Å². The molecule has 0 spiro atoms. The first kappa shape index (κ1) is 15.2. The molecule has 0 amide bonds. The van der Waals surface area contributed by atoms with Gasteiger partial charge in [0.05, 0.1) is 17.4 Å². The van der Waals surface area contributed by atoms with Crippen LogP contribution < -0.4 is 5.46 Å². The molecule has 1 saturated heterocycles. The van der Waals surface area contributed by atoms with E-state index in [1.54, 1.807) is 27.7 Å². The lowest BCUT2D eigenvalue weighted by molar-refractivity contribution is -0.141. The molecule has 0 saturated carbocycles. The van der Waals surface area contributed by atoms with Gasteiger partial charge in [-0.1, -0.05) is 0 Å². The fraction of sp³-hybridized carbons (Fsp3) is 0.583. The molecule has 0 bridgehead atoms. The highest BCUT2D eigenvalue weighted by Crippen LogP contribution is 2.37. The highest BCUT2D eigenvalue weighted by molar-refractivity contribution is 6.62. The second-order valence-electron chi connectivity index (χ2n) is 5.68. The van der Waals surface area contributed by atoms with E-state index in [9.17, 15) is 17.6 Å². The van der Waals surface area contributed by atoms with Crippen molar-refractivity contribution >= 4 is 12.6 Å². The van der Waals surface area contributed by atoms with Crippen molar-refractivity contribution in [1.29, 1.82) is 0 Å². The molecule has 2 rings (SSSR count). The van der Waals surface area contributed by atoms with Gasteiger partial charge >= 0.3 is 13.3 Å². The lowest BCUT2D eigenvalue weighted by Crippen LogP contribution is -2.41. The Kier molecular flexibility index (Phi) is 3.37. The molecule has 1 aromatic rings. The summed E-state index contributed by atoms with van der Waals surface area (Å²) in [5.74, 6) is -0.892. The van der Waals surface area contributed by atoms with Crippen LogP contribution in [0.4, 0.5) is 17.6 Å². The van der Waals surface area contributed by atoms with Crippen LogP contribution in [0.2, 0.25) is 0 Å². The number of pyridine rings is 1. The largest absolute Gasteiger partial charge is 0.497 e. The maximum Gasteiger partial charge on any atom is 0.497 e. The number of halogens is 4. The third-order valence-corrected chi connectivity index (χ3v) is 3.68. The molecule has 0 aliphatic carbocycles. The third-order valence-electron chi connectivity index (χ3n) is 3.68. The summed E-state index contributed by atoms with van der Waals surface area (Å²) in [4.78, 5) is 3.04. The standard InChI is InChI=1S/C12H14BF4NO2/c1-10(2)11(3,4)20-13(19-10)7-5-9(12(15,16)17)18-6-8(7)14/h5-6H,1-4H3. The van der Waals surface area contributed by atoms with Crippen LogP contribution in [0.15, 0.2) is 12.3 Å². The van der Waals surface area contributed by atoms with E-state index in [0.29, 0.717) is 12.3 Å². The Bertz CT molecular complexity index is 515. The Morgan fingerprint density at radius 2 is 1.60 bits per heavy atom. The second-order valence-corrected chi connectivity index (χ2v) is 5.68. The summed E-state index contributed by atoms with van der Waals surface area (Å²) in [7, 11) is -1.19. The first-order chi connectivity index (χ1) is 8.94. The molecule has 1 aliphatic heterocycles. The van der Waals surface area contributed by atoms with Crippen LogP contribution >= 0.6 is 0 Å². The molecule has 8 heteroatoms. The van der Waals surface area contributed by atoms with Crippen LogP contribution in [0.1, 0.15) is 33.4 Å². The smallest absolute Gasteiger partial charge is 0.399 e. The number of rotatable bonds is 1. The molecule has 2 heterocycles. The fourth-order valence-electron chi connectivity index (χ4n) is 1.76. The highest BCUT2D eigenvalue weighted by Gasteiger charge is 2.52. The Labute approximate surface area is 114 Å². The Balaban J connectivity index is 2.40. The molecule has 0 N–H and O–H groups in total. The van der Waals surface area contributed by atoms with Gasteiger partial charge in [0.25, 0.3) is 0 Å². The molecule has 110 valence electrons. The minimum absolute atomic E-state index is 0.300. The van der Waals surface area contributed by atoms with Crippen molar-refractivity contribution in [2.45, 2.75) is 45.1 Å². The normalized spacial score (nSPS) is 21.3. The molecule has 0 atom stereocenters. The SMILES string of the molecule is CC1(C)OB(c2cc(C(F)(F)F)ncc2F)OC1(C)C. The topological polar surface area (TPSA) is 31.4 Å². The van der Waals surface area contributed by atoms with Crippen molar-refractivity contribution in [3.63, 3.8) is 0 Å². The zero-order valence-electron chi connectivity index (χ0n) is 11.5. The van der Waals surface area contributed by atoms with E-state index in [4.69, 9.17) is 9.31 Å². The molecule has 20 heavy (non-hydrogen) atoms. The van der Waals surface area contributed by atoms with Crippen molar-refractivity contribution < 1.29 is 26.9 Å². The zero-order valence-corrected chi connectivity index (χ0v) is 11.5. The summed E-state index contributed by atoms with van der Waals surface area (Å²) in [6.45, 7) is 6.93. The number of hydrogen-bond acceptors (Lipinski definition) is 3. The highest BCUT2D eigenvalue weighted by atomic mass is 19.4. The van der Waals surface area contributed by atoms with Gasteiger partial charge in [-0.15, -0.1) is 0 Å². The van der Waals surface area contributed by atoms with Crippen molar-refractivity contribution in [2.75, 3.05) is 0 Å². The van der Waals surface area contributed by atoms with Crippen LogP contribution in [0.3, 0.4) is 0 Å². The summed E-state index contributed by atoms with van der Waals surface area (Å²) < 4.78 is 62.7. The molecule has 3 nitrogen and oxygen atoms in total. The van der Waals surface area contributed by atoms with E-state index in [1.165, 1.54) is 0 Å². The number of alkyl halides is 3. The molecular formula is C12H14BF4NO2. The molecule has 0 radical (unpaired) electrons. The van der Waals surface area contributed by atoms with Gasteiger partial charge in [-0.2, -0.15) is 13.2 Å². The van der Waals surface area contributed by atoms with E-state index in [-0.39, 0.29) is 5.46 Å². The van der Waals surface area contributed by atoms with E-state index in [1.807, 2.05) is 0 Å². The number of hydrogen-bond donors (Lipinski definition) is 0. The lowest BCUT2D eigenvalue weighted by Gasteiger charge is -2.32. The lowest BCUT2D eigenvalue weighted by atomic mass is 9.79. The molecule has 1 aromatic heterocycles. The average molecular weight is 291 g/mol. The van der Waals surface area contributed by atoms with Gasteiger partial charge in [0.2, 0.25) is 0 Å². The fourth-order valence-corrected chi connectivity index (χ4v) is 1.76.